The van der Waals surface area contributed by atoms with Crippen molar-refractivity contribution in [3.8, 4) is 22.3 Å². The minimum Gasteiger partial charge on any atom is -0.0732 e. The molecule has 4 aliphatic rings. The van der Waals surface area contributed by atoms with Crippen LogP contribution < -0.4 is 0 Å². The van der Waals surface area contributed by atoms with Crippen molar-refractivity contribution in [2.45, 2.75) is 17.8 Å². The number of allylic oxidation sites excluding steroid dienone is 12. The van der Waals surface area contributed by atoms with E-state index in [1.54, 1.807) is 0 Å². The Bertz CT molecular complexity index is 1390. The maximum atomic E-state index is 2.51. The van der Waals surface area contributed by atoms with Crippen LogP contribution in [-0.4, -0.2) is 0 Å². The summed E-state index contributed by atoms with van der Waals surface area (Å²) in [6.07, 6.45) is 27.2. The first-order valence-electron chi connectivity index (χ1n) is 11.2. The van der Waals surface area contributed by atoms with Crippen LogP contribution in [0.15, 0.2) is 115 Å². The summed E-state index contributed by atoms with van der Waals surface area (Å²) < 4.78 is 0. The Hall–Kier alpha value is -3.64. The molecule has 0 amide bonds. The fourth-order valence-electron chi connectivity index (χ4n) is 5.87. The zero-order valence-corrected chi connectivity index (χ0v) is 17.2. The van der Waals surface area contributed by atoms with Crippen molar-refractivity contribution >= 4 is 10.8 Å². The van der Waals surface area contributed by atoms with E-state index in [0.29, 0.717) is 17.8 Å². The monoisotopic (exact) mass is 394 g/mol. The topological polar surface area (TPSA) is 0 Å². The first kappa shape index (κ1) is 17.1. The smallest absolute Gasteiger partial charge is 0.0214 e. The van der Waals surface area contributed by atoms with Gasteiger partial charge in [0, 0.05) is 17.8 Å². The van der Waals surface area contributed by atoms with Crippen LogP contribution in [0.1, 0.15) is 34.4 Å². The lowest BCUT2D eigenvalue weighted by atomic mass is 9.78. The molecule has 0 radical (unpaired) electrons. The molecule has 0 saturated heterocycles. The lowest BCUT2D eigenvalue weighted by Gasteiger charge is -2.25. The molecular formula is C31H22. The summed E-state index contributed by atoms with van der Waals surface area (Å²) >= 11 is 0. The summed E-state index contributed by atoms with van der Waals surface area (Å²) in [7, 11) is 0. The normalized spacial score (nSPS) is 18.5. The highest BCUT2D eigenvalue weighted by atomic mass is 14.4. The van der Waals surface area contributed by atoms with Gasteiger partial charge >= 0.3 is 0 Å². The van der Waals surface area contributed by atoms with Gasteiger partial charge in [0.1, 0.15) is 0 Å². The summed E-state index contributed by atoms with van der Waals surface area (Å²) in [5.74, 6) is 0.980. The molecule has 0 atom stereocenters. The molecule has 0 heteroatoms. The fourth-order valence-corrected chi connectivity index (χ4v) is 5.87. The lowest BCUT2D eigenvalue weighted by molar-refractivity contribution is 0.983. The Morgan fingerprint density at radius 2 is 1.00 bits per heavy atom. The van der Waals surface area contributed by atoms with E-state index in [9.17, 15) is 0 Å². The second-order valence-electron chi connectivity index (χ2n) is 8.81. The summed E-state index contributed by atoms with van der Waals surface area (Å²) in [5, 5.41) is 2.74. The Balaban J connectivity index is 1.65. The molecular weight excluding hydrogens is 372 g/mol. The molecule has 0 nitrogen and oxygen atoms in total. The van der Waals surface area contributed by atoms with Crippen LogP contribution in [0, 0.1) is 0 Å². The van der Waals surface area contributed by atoms with Crippen LogP contribution in [0.5, 0.6) is 0 Å². The van der Waals surface area contributed by atoms with Gasteiger partial charge < -0.3 is 0 Å². The van der Waals surface area contributed by atoms with Crippen molar-refractivity contribution in [3.05, 3.63) is 132 Å². The minimum absolute atomic E-state index is 0.319. The van der Waals surface area contributed by atoms with Crippen LogP contribution in [0.2, 0.25) is 0 Å². The number of hydrogen-bond donors (Lipinski definition) is 0. The molecule has 0 unspecified atom stereocenters. The molecule has 4 aliphatic carbocycles. The van der Waals surface area contributed by atoms with E-state index in [1.807, 2.05) is 0 Å². The number of fused-ring (bicyclic) bond motifs is 3. The van der Waals surface area contributed by atoms with Crippen LogP contribution in [-0.2, 0) is 0 Å². The van der Waals surface area contributed by atoms with Crippen molar-refractivity contribution in [1.82, 2.24) is 0 Å². The Morgan fingerprint density at radius 1 is 0.484 bits per heavy atom. The number of hydrogen-bond acceptors (Lipinski definition) is 0. The Morgan fingerprint density at radius 3 is 1.61 bits per heavy atom. The molecule has 0 aromatic heterocycles. The van der Waals surface area contributed by atoms with Crippen LogP contribution in [0.4, 0.5) is 0 Å². The van der Waals surface area contributed by atoms with Crippen molar-refractivity contribution in [2.24, 2.45) is 0 Å². The molecule has 0 spiro atoms. The van der Waals surface area contributed by atoms with Gasteiger partial charge in [0.15, 0.2) is 0 Å². The molecule has 3 aromatic rings. The van der Waals surface area contributed by atoms with Gasteiger partial charge in [-0.05, 0) is 49.7 Å². The summed E-state index contributed by atoms with van der Waals surface area (Å²) in [6, 6.07) is 16.1. The molecule has 0 aliphatic heterocycles. The van der Waals surface area contributed by atoms with Crippen molar-refractivity contribution in [2.75, 3.05) is 0 Å². The van der Waals surface area contributed by atoms with Crippen LogP contribution >= 0.6 is 0 Å². The van der Waals surface area contributed by atoms with Gasteiger partial charge in [0.05, 0.1) is 0 Å². The second kappa shape index (κ2) is 6.43. The van der Waals surface area contributed by atoms with Crippen molar-refractivity contribution in [3.63, 3.8) is 0 Å². The third-order valence-electron chi connectivity index (χ3n) is 7.17. The van der Waals surface area contributed by atoms with Gasteiger partial charge in [-0.15, -0.1) is 0 Å². The summed E-state index contributed by atoms with van der Waals surface area (Å²) in [5.41, 5.74) is 10.0. The molecule has 146 valence electrons. The molecule has 3 aromatic carbocycles. The largest absolute Gasteiger partial charge is 0.0732 e. The predicted octanol–water partition coefficient (Wildman–Crippen LogP) is 8.12. The predicted molar refractivity (Wildman–Crippen MR) is 131 cm³/mol. The highest BCUT2D eigenvalue weighted by Crippen LogP contribution is 2.55. The standard InChI is InChI=1S/C31H22/c1-2-10-20(9-1)26-19-27(21-11-3-4-12-21)30-24-17-7-15-22-16-8-18-25(28(22)24)31(30)29(26)23-13-5-6-14-23/h1-21,23H. The van der Waals surface area contributed by atoms with E-state index < -0.39 is 0 Å². The van der Waals surface area contributed by atoms with Gasteiger partial charge in [0.2, 0.25) is 0 Å². The van der Waals surface area contributed by atoms with Gasteiger partial charge in [0.25, 0.3) is 0 Å². The zero-order valence-electron chi connectivity index (χ0n) is 17.2. The average molecular weight is 395 g/mol. The van der Waals surface area contributed by atoms with E-state index in [4.69, 9.17) is 0 Å². The van der Waals surface area contributed by atoms with E-state index in [1.165, 1.54) is 49.7 Å². The quantitative estimate of drug-likeness (QED) is 0.329. The third-order valence-corrected chi connectivity index (χ3v) is 7.17. The lowest BCUT2D eigenvalue weighted by Crippen LogP contribution is -2.07. The van der Waals surface area contributed by atoms with Gasteiger partial charge in [-0.1, -0.05) is 115 Å². The average Bonchev–Trinajstić information content (AvgIpc) is 3.62. The first-order valence-corrected chi connectivity index (χ1v) is 11.2. The van der Waals surface area contributed by atoms with Gasteiger partial charge in [-0.2, -0.15) is 0 Å². The molecule has 0 N–H and O–H groups in total. The van der Waals surface area contributed by atoms with Gasteiger partial charge in [-0.25, -0.2) is 0 Å². The third kappa shape index (κ3) is 2.36. The highest BCUT2D eigenvalue weighted by molar-refractivity contribution is 6.17. The highest BCUT2D eigenvalue weighted by Gasteiger charge is 2.33. The Kier molecular flexibility index (Phi) is 3.54. The molecule has 0 fully saturated rings. The minimum atomic E-state index is 0.319. The van der Waals surface area contributed by atoms with Crippen molar-refractivity contribution < 1.29 is 0 Å². The summed E-state index contributed by atoms with van der Waals surface area (Å²) in [4.78, 5) is 0. The van der Waals surface area contributed by atoms with Crippen LogP contribution in [0.25, 0.3) is 33.0 Å². The van der Waals surface area contributed by atoms with Crippen LogP contribution in [0.3, 0.4) is 0 Å². The SMILES string of the molecule is C1=CC(c2cc(C3C=CC=C3)c(C3C=CC=C3)c3c2-c2cccc4cccc-3c24)C=C1. The maximum absolute atomic E-state index is 2.51. The number of rotatable bonds is 3. The molecule has 0 saturated carbocycles. The molecule has 0 bridgehead atoms. The van der Waals surface area contributed by atoms with Crippen molar-refractivity contribution in [1.29, 1.82) is 0 Å². The summed E-state index contributed by atoms with van der Waals surface area (Å²) in [6.45, 7) is 0. The first-order chi connectivity index (χ1) is 15.4. The number of benzene rings is 3. The second-order valence-corrected chi connectivity index (χ2v) is 8.81. The zero-order chi connectivity index (χ0) is 20.4. The van der Waals surface area contributed by atoms with E-state index in [2.05, 4.69) is 115 Å². The molecule has 7 rings (SSSR count). The fraction of sp³-hybridized carbons (Fsp3) is 0.0968. The Labute approximate surface area is 182 Å². The van der Waals surface area contributed by atoms with E-state index >= 15 is 0 Å². The van der Waals surface area contributed by atoms with E-state index in [0.717, 1.165) is 0 Å². The van der Waals surface area contributed by atoms with E-state index in [-0.39, 0.29) is 0 Å². The van der Waals surface area contributed by atoms with Gasteiger partial charge in [-0.3, -0.25) is 0 Å². The molecule has 31 heavy (non-hydrogen) atoms. The maximum Gasteiger partial charge on any atom is 0.0214 e. The molecule has 0 heterocycles.